The maximum Gasteiger partial charge on any atom is 0.308 e. The average molecular weight is 519 g/mol. The van der Waals surface area contributed by atoms with Crippen molar-refractivity contribution in [3.05, 3.63) is 65.7 Å². The molecule has 38 heavy (non-hydrogen) atoms. The Morgan fingerprint density at radius 2 is 1.74 bits per heavy atom. The van der Waals surface area contributed by atoms with Crippen molar-refractivity contribution < 1.29 is 23.9 Å². The van der Waals surface area contributed by atoms with Gasteiger partial charge < -0.3 is 14.4 Å². The predicted molar refractivity (Wildman–Crippen MR) is 144 cm³/mol. The highest BCUT2D eigenvalue weighted by molar-refractivity contribution is 5.94. The van der Waals surface area contributed by atoms with Crippen molar-refractivity contribution in [2.75, 3.05) is 26.7 Å². The van der Waals surface area contributed by atoms with E-state index in [1.165, 1.54) is 26.7 Å². The number of carbonyl (C=O) groups excluding carboxylic acids is 3. The minimum absolute atomic E-state index is 0.00873. The highest BCUT2D eigenvalue weighted by Gasteiger charge is 2.61. The maximum atomic E-state index is 13.4. The minimum Gasteiger partial charge on any atom is -0.457 e. The Balaban J connectivity index is 1.54. The molecule has 0 spiro atoms. The van der Waals surface area contributed by atoms with E-state index in [0.29, 0.717) is 30.7 Å². The highest BCUT2D eigenvalue weighted by atomic mass is 16.6. The quantitative estimate of drug-likeness (QED) is 0.394. The molecule has 2 aliphatic carbocycles. The molecule has 3 atom stereocenters. The number of hydrogen-bond donors (Lipinski definition) is 0. The second kappa shape index (κ2) is 10.5. The van der Waals surface area contributed by atoms with Gasteiger partial charge in [-0.25, -0.2) is 0 Å². The first kappa shape index (κ1) is 26.4. The van der Waals surface area contributed by atoms with Crippen LogP contribution in [-0.4, -0.2) is 66.0 Å². The Bertz CT molecular complexity index is 1200. The van der Waals surface area contributed by atoms with Gasteiger partial charge in [0, 0.05) is 51.0 Å². The number of ether oxygens (including phenoxy) is 2. The fourth-order valence-corrected chi connectivity index (χ4v) is 6.79. The zero-order valence-corrected chi connectivity index (χ0v) is 22.7. The van der Waals surface area contributed by atoms with Crippen molar-refractivity contribution in [1.82, 2.24) is 9.80 Å². The molecule has 3 fully saturated rings. The molecule has 0 unspecified atom stereocenters. The third-order valence-electron chi connectivity index (χ3n) is 8.76. The fraction of sp³-hybridized carbons (Fsp3) is 0.516. The van der Waals surface area contributed by atoms with Crippen LogP contribution in [0.25, 0.3) is 0 Å². The van der Waals surface area contributed by atoms with Crippen LogP contribution in [0.15, 0.2) is 54.6 Å². The van der Waals surface area contributed by atoms with Crippen LogP contribution in [0.5, 0.6) is 5.75 Å². The van der Waals surface area contributed by atoms with Crippen molar-refractivity contribution in [1.29, 1.82) is 0 Å². The maximum absolute atomic E-state index is 13.4. The number of hydrogen-bond acceptors (Lipinski definition) is 6. The number of piperidine rings is 1. The van der Waals surface area contributed by atoms with Gasteiger partial charge in [-0.3, -0.25) is 19.3 Å². The number of carbonyl (C=O) groups is 3. The molecule has 7 heteroatoms. The molecule has 0 bridgehead atoms. The van der Waals surface area contributed by atoms with Gasteiger partial charge in [0.25, 0.3) is 5.91 Å². The smallest absolute Gasteiger partial charge is 0.308 e. The Hall–Kier alpha value is -3.19. The lowest BCUT2D eigenvalue weighted by atomic mass is 9.55. The summed E-state index contributed by atoms with van der Waals surface area (Å²) in [7, 11) is 1.88. The number of esters is 2. The third-order valence-corrected chi connectivity index (χ3v) is 8.76. The summed E-state index contributed by atoms with van der Waals surface area (Å²) in [5.41, 5.74) is 0.405. The van der Waals surface area contributed by atoms with Crippen LogP contribution >= 0.6 is 0 Å². The van der Waals surface area contributed by atoms with E-state index < -0.39 is 11.0 Å². The molecule has 202 valence electrons. The van der Waals surface area contributed by atoms with E-state index in [1.807, 2.05) is 54.4 Å². The first-order valence-electron chi connectivity index (χ1n) is 13.7. The van der Waals surface area contributed by atoms with Gasteiger partial charge in [-0.05, 0) is 80.8 Å². The van der Waals surface area contributed by atoms with E-state index in [-0.39, 0.29) is 23.9 Å². The molecule has 0 N–H and O–H groups in total. The molecule has 1 saturated heterocycles. The van der Waals surface area contributed by atoms with Crippen LogP contribution in [0.2, 0.25) is 0 Å². The molecular formula is C31H38N2O5. The van der Waals surface area contributed by atoms with E-state index in [1.54, 1.807) is 6.07 Å². The van der Waals surface area contributed by atoms with Gasteiger partial charge in [0.2, 0.25) is 0 Å². The van der Waals surface area contributed by atoms with Crippen molar-refractivity contribution in [2.24, 2.45) is 5.92 Å². The van der Waals surface area contributed by atoms with Crippen molar-refractivity contribution in [2.45, 2.75) is 69.4 Å². The van der Waals surface area contributed by atoms with Gasteiger partial charge in [0.05, 0.1) is 0 Å². The van der Waals surface area contributed by atoms with Gasteiger partial charge in [-0.1, -0.05) is 30.3 Å². The number of nitrogens with zero attached hydrogens (tertiary/aromatic N) is 2. The highest BCUT2D eigenvalue weighted by Crippen LogP contribution is 2.55. The first-order valence-corrected chi connectivity index (χ1v) is 13.7. The SMILES string of the molecule is CC(=O)Oc1cccc([C@@]23CCN(CC4CC4)C[C@@]2(OC(C)=O)CC[C@H](N(C)C(=O)c2ccccc2)C3)c1. The summed E-state index contributed by atoms with van der Waals surface area (Å²) in [5, 5.41) is 0. The molecule has 0 aromatic heterocycles. The fourth-order valence-electron chi connectivity index (χ4n) is 6.79. The van der Waals surface area contributed by atoms with Gasteiger partial charge in [0.1, 0.15) is 11.4 Å². The molecule has 2 aromatic carbocycles. The molecule has 1 aliphatic heterocycles. The lowest BCUT2D eigenvalue weighted by Crippen LogP contribution is -2.68. The zero-order valence-electron chi connectivity index (χ0n) is 22.7. The second-order valence-corrected chi connectivity index (χ2v) is 11.4. The number of likely N-dealkylation sites (tertiary alicyclic amines) is 1. The van der Waals surface area contributed by atoms with E-state index in [0.717, 1.165) is 37.4 Å². The summed E-state index contributed by atoms with van der Waals surface area (Å²) in [6.07, 6.45) is 5.38. The Kier molecular flexibility index (Phi) is 7.32. The zero-order chi connectivity index (χ0) is 26.9. The van der Waals surface area contributed by atoms with E-state index in [9.17, 15) is 14.4 Å². The lowest BCUT2D eigenvalue weighted by molar-refractivity contribution is -0.188. The Morgan fingerprint density at radius 3 is 2.42 bits per heavy atom. The van der Waals surface area contributed by atoms with Gasteiger partial charge >= 0.3 is 11.9 Å². The molecule has 1 amide bonds. The topological polar surface area (TPSA) is 76.2 Å². The number of rotatable bonds is 7. The normalized spacial score (nSPS) is 27.2. The van der Waals surface area contributed by atoms with Crippen LogP contribution in [0.1, 0.15) is 68.3 Å². The number of fused-ring (bicyclic) bond motifs is 1. The van der Waals surface area contributed by atoms with E-state index in [4.69, 9.17) is 9.47 Å². The third kappa shape index (κ3) is 5.21. The number of amides is 1. The monoisotopic (exact) mass is 518 g/mol. The predicted octanol–water partition coefficient (Wildman–Crippen LogP) is 4.59. The molecule has 7 nitrogen and oxygen atoms in total. The van der Waals surface area contributed by atoms with Crippen LogP contribution in [-0.2, 0) is 19.7 Å². The Morgan fingerprint density at radius 1 is 0.974 bits per heavy atom. The lowest BCUT2D eigenvalue weighted by Gasteiger charge is -2.60. The molecular weight excluding hydrogens is 480 g/mol. The second-order valence-electron chi connectivity index (χ2n) is 11.4. The summed E-state index contributed by atoms with van der Waals surface area (Å²) >= 11 is 0. The van der Waals surface area contributed by atoms with Gasteiger partial charge in [-0.2, -0.15) is 0 Å². The van der Waals surface area contributed by atoms with Gasteiger partial charge in [0.15, 0.2) is 0 Å². The van der Waals surface area contributed by atoms with Crippen molar-refractivity contribution >= 4 is 17.8 Å². The summed E-state index contributed by atoms with van der Waals surface area (Å²) in [6, 6.07) is 17.0. The van der Waals surface area contributed by atoms with Crippen molar-refractivity contribution in [3.8, 4) is 5.75 Å². The van der Waals surface area contributed by atoms with E-state index in [2.05, 4.69) is 11.0 Å². The summed E-state index contributed by atoms with van der Waals surface area (Å²) in [4.78, 5) is 42.1. The summed E-state index contributed by atoms with van der Waals surface area (Å²) in [5.74, 6) is 0.545. The Labute approximate surface area is 225 Å². The summed E-state index contributed by atoms with van der Waals surface area (Å²) < 4.78 is 11.8. The van der Waals surface area contributed by atoms with Crippen LogP contribution < -0.4 is 4.74 Å². The van der Waals surface area contributed by atoms with Gasteiger partial charge in [-0.15, -0.1) is 0 Å². The molecule has 3 aliphatic rings. The van der Waals surface area contributed by atoms with Crippen LogP contribution in [0.3, 0.4) is 0 Å². The summed E-state index contributed by atoms with van der Waals surface area (Å²) in [6.45, 7) is 5.48. The largest absolute Gasteiger partial charge is 0.457 e. The van der Waals surface area contributed by atoms with E-state index >= 15 is 0 Å². The number of benzene rings is 2. The molecule has 0 radical (unpaired) electrons. The molecule has 2 saturated carbocycles. The van der Waals surface area contributed by atoms with Crippen LogP contribution in [0, 0.1) is 5.92 Å². The molecule has 5 rings (SSSR count). The molecule has 1 heterocycles. The average Bonchev–Trinajstić information content (AvgIpc) is 3.71. The first-order chi connectivity index (χ1) is 18.2. The minimum atomic E-state index is -0.728. The van der Waals surface area contributed by atoms with Crippen LogP contribution in [0.4, 0.5) is 0 Å². The van der Waals surface area contributed by atoms with Crippen molar-refractivity contribution in [3.63, 3.8) is 0 Å². The molecule has 2 aromatic rings. The standard InChI is InChI=1S/C31H38N2O5/c1-22(34)37-28-11-7-10-26(18-28)30-16-17-33(20-24-12-13-24)21-31(30,38-23(2)35)15-14-27(19-30)32(3)29(36)25-8-5-4-6-9-25/h4-11,18,24,27H,12-17,19-21H2,1-3H3/t27-,30-,31-/m0/s1.